The highest BCUT2D eigenvalue weighted by Crippen LogP contribution is 2.49. The van der Waals surface area contributed by atoms with Crippen LogP contribution >= 0.6 is 11.6 Å². The van der Waals surface area contributed by atoms with Crippen molar-refractivity contribution in [2.24, 2.45) is 11.8 Å². The highest BCUT2D eigenvalue weighted by molar-refractivity contribution is 6.21. The van der Waals surface area contributed by atoms with Crippen molar-refractivity contribution in [2.45, 2.75) is 50.6 Å². The van der Waals surface area contributed by atoms with Gasteiger partial charge in [0.2, 0.25) is 0 Å². The number of aromatic hydroxyl groups is 1. The van der Waals surface area contributed by atoms with Gasteiger partial charge in [-0.3, -0.25) is 9.59 Å². The second-order valence-corrected chi connectivity index (χ2v) is 9.30. The molecule has 32 heavy (non-hydrogen) atoms. The SMILES string of the molecule is CCOc1cc(C2C3=C(OC4CC(C)C(Cl)CC4C3=O)C(=O)N2CCCOC)ccc1O. The first-order valence-corrected chi connectivity index (χ1v) is 11.7. The first kappa shape index (κ1) is 22.9. The van der Waals surface area contributed by atoms with Crippen LogP contribution in [0.1, 0.15) is 44.7 Å². The Morgan fingerprint density at radius 2 is 2.06 bits per heavy atom. The lowest BCUT2D eigenvalue weighted by atomic mass is 9.74. The lowest BCUT2D eigenvalue weighted by Crippen LogP contribution is -2.44. The number of halogens is 1. The standard InChI is InChI=1S/C24H30ClNO6/c1-4-31-19-11-14(6-7-17(19)27)21-20-22(28)15-12-16(25)13(2)10-18(15)32-23(20)24(29)26(21)8-5-9-30-3/h6-7,11,13,15-16,18,21,27H,4-5,8-10,12H2,1-3H3. The third-order valence-corrected chi connectivity index (χ3v) is 7.26. The largest absolute Gasteiger partial charge is 0.504 e. The molecule has 0 saturated heterocycles. The fourth-order valence-corrected chi connectivity index (χ4v) is 5.29. The maximum Gasteiger partial charge on any atom is 0.290 e. The van der Waals surface area contributed by atoms with E-state index in [1.807, 2.05) is 13.8 Å². The van der Waals surface area contributed by atoms with E-state index in [2.05, 4.69) is 0 Å². The Kier molecular flexibility index (Phi) is 6.67. The predicted octanol–water partition coefficient (Wildman–Crippen LogP) is 3.59. The maximum absolute atomic E-state index is 13.7. The molecule has 1 fully saturated rings. The van der Waals surface area contributed by atoms with Crippen LogP contribution in [0.5, 0.6) is 11.5 Å². The number of ether oxygens (including phenoxy) is 3. The van der Waals surface area contributed by atoms with E-state index < -0.39 is 6.04 Å². The summed E-state index contributed by atoms with van der Waals surface area (Å²) >= 11 is 6.50. The molecule has 7 nitrogen and oxygen atoms in total. The molecule has 0 aromatic heterocycles. The number of Topliss-reactive ketones (excluding diaryl/α,β-unsaturated/α-hetero) is 1. The average molecular weight is 464 g/mol. The number of carbonyl (C=O) groups excluding carboxylic acids is 2. The Hall–Kier alpha value is -2.25. The number of fused-ring (bicyclic) bond motifs is 1. The molecule has 0 spiro atoms. The number of phenolic OH excluding ortho intramolecular Hbond substituents is 1. The van der Waals surface area contributed by atoms with Crippen LogP contribution in [-0.2, 0) is 19.1 Å². The molecule has 5 atom stereocenters. The van der Waals surface area contributed by atoms with E-state index in [4.69, 9.17) is 25.8 Å². The van der Waals surface area contributed by atoms with Crippen molar-refractivity contribution in [2.75, 3.05) is 26.9 Å². The third-order valence-electron chi connectivity index (χ3n) is 6.65. The lowest BCUT2D eigenvalue weighted by molar-refractivity contribution is -0.136. The van der Waals surface area contributed by atoms with Crippen LogP contribution < -0.4 is 4.74 Å². The number of hydrogen-bond donors (Lipinski definition) is 1. The summed E-state index contributed by atoms with van der Waals surface area (Å²) in [7, 11) is 1.61. The maximum atomic E-state index is 13.7. The summed E-state index contributed by atoms with van der Waals surface area (Å²) in [5.74, 6) is 0.00113. The van der Waals surface area contributed by atoms with Crippen molar-refractivity contribution in [1.29, 1.82) is 0 Å². The van der Waals surface area contributed by atoms with Gasteiger partial charge in [-0.2, -0.15) is 0 Å². The van der Waals surface area contributed by atoms with Crippen molar-refractivity contribution in [3.05, 3.63) is 35.1 Å². The van der Waals surface area contributed by atoms with Crippen LogP contribution in [0.25, 0.3) is 0 Å². The van der Waals surface area contributed by atoms with Gasteiger partial charge in [0.25, 0.3) is 5.91 Å². The van der Waals surface area contributed by atoms with Gasteiger partial charge in [-0.05, 0) is 49.8 Å². The Balaban J connectivity index is 1.75. The average Bonchev–Trinajstić information content (AvgIpc) is 3.04. The molecule has 4 rings (SSSR count). The number of rotatable bonds is 7. The Bertz CT molecular complexity index is 931. The molecule has 0 bridgehead atoms. The van der Waals surface area contributed by atoms with Gasteiger partial charge < -0.3 is 24.2 Å². The summed E-state index contributed by atoms with van der Waals surface area (Å²) in [6.45, 7) is 5.16. The molecule has 1 aromatic rings. The van der Waals surface area contributed by atoms with E-state index in [0.717, 1.165) is 0 Å². The monoisotopic (exact) mass is 463 g/mol. The fourth-order valence-electron chi connectivity index (χ4n) is 4.99. The molecule has 2 aliphatic heterocycles. The molecule has 8 heteroatoms. The summed E-state index contributed by atoms with van der Waals surface area (Å²) in [4.78, 5) is 28.8. The smallest absolute Gasteiger partial charge is 0.290 e. The zero-order valence-corrected chi connectivity index (χ0v) is 19.4. The number of hydrogen-bond acceptors (Lipinski definition) is 6. The van der Waals surface area contributed by atoms with Crippen LogP contribution in [0.3, 0.4) is 0 Å². The topological polar surface area (TPSA) is 85.3 Å². The summed E-state index contributed by atoms with van der Waals surface area (Å²) in [5.41, 5.74) is 1.09. The van der Waals surface area contributed by atoms with Gasteiger partial charge in [-0.1, -0.05) is 13.0 Å². The zero-order valence-electron chi connectivity index (χ0n) is 18.7. The van der Waals surface area contributed by atoms with Crippen molar-refractivity contribution in [3.63, 3.8) is 0 Å². The van der Waals surface area contributed by atoms with Gasteiger partial charge >= 0.3 is 0 Å². The molecule has 1 aromatic carbocycles. The Morgan fingerprint density at radius 1 is 1.28 bits per heavy atom. The minimum atomic E-state index is -0.601. The molecule has 174 valence electrons. The van der Waals surface area contributed by atoms with E-state index in [0.29, 0.717) is 55.9 Å². The molecule has 5 unspecified atom stereocenters. The lowest BCUT2D eigenvalue weighted by Gasteiger charge is -2.40. The number of ketones is 1. The molecular weight excluding hydrogens is 434 g/mol. The Morgan fingerprint density at radius 3 is 2.78 bits per heavy atom. The molecular formula is C24H30ClNO6. The van der Waals surface area contributed by atoms with Crippen molar-refractivity contribution < 1.29 is 28.9 Å². The number of methoxy groups -OCH3 is 1. The fraction of sp³-hybridized carbons (Fsp3) is 0.583. The minimum Gasteiger partial charge on any atom is -0.504 e. The number of nitrogens with zero attached hydrogens (tertiary/aromatic N) is 1. The van der Waals surface area contributed by atoms with Crippen LogP contribution in [0.2, 0.25) is 0 Å². The molecule has 2 heterocycles. The normalized spacial score (nSPS) is 29.6. The van der Waals surface area contributed by atoms with Gasteiger partial charge in [0.15, 0.2) is 23.0 Å². The van der Waals surface area contributed by atoms with Gasteiger partial charge in [0.05, 0.1) is 24.1 Å². The van der Waals surface area contributed by atoms with Gasteiger partial charge in [0, 0.05) is 25.6 Å². The van der Waals surface area contributed by atoms with E-state index in [1.54, 1.807) is 24.1 Å². The number of carbonyl (C=O) groups is 2. The van der Waals surface area contributed by atoms with E-state index in [1.165, 1.54) is 6.07 Å². The molecule has 1 amide bonds. The van der Waals surface area contributed by atoms with Crippen molar-refractivity contribution in [3.8, 4) is 11.5 Å². The highest BCUT2D eigenvalue weighted by Gasteiger charge is 2.53. The highest BCUT2D eigenvalue weighted by atomic mass is 35.5. The second kappa shape index (κ2) is 9.32. The molecule has 1 saturated carbocycles. The molecule has 3 aliphatic rings. The quantitative estimate of drug-likeness (QED) is 0.491. The van der Waals surface area contributed by atoms with Gasteiger partial charge in [0.1, 0.15) is 6.10 Å². The number of benzene rings is 1. The molecule has 1 N–H and O–H groups in total. The van der Waals surface area contributed by atoms with Crippen LogP contribution in [0, 0.1) is 11.8 Å². The van der Waals surface area contributed by atoms with Crippen molar-refractivity contribution >= 4 is 23.3 Å². The van der Waals surface area contributed by atoms with E-state index in [9.17, 15) is 14.7 Å². The van der Waals surface area contributed by atoms with Crippen LogP contribution in [0.15, 0.2) is 29.5 Å². The predicted molar refractivity (Wildman–Crippen MR) is 119 cm³/mol. The summed E-state index contributed by atoms with van der Waals surface area (Å²) in [5, 5.41) is 10.1. The third kappa shape index (κ3) is 3.97. The summed E-state index contributed by atoms with van der Waals surface area (Å²) in [6, 6.07) is 4.35. The van der Waals surface area contributed by atoms with E-state index in [-0.39, 0.29) is 46.5 Å². The Labute approximate surface area is 193 Å². The van der Waals surface area contributed by atoms with Gasteiger partial charge in [-0.15, -0.1) is 11.6 Å². The van der Waals surface area contributed by atoms with Crippen molar-refractivity contribution in [1.82, 2.24) is 4.90 Å². The summed E-state index contributed by atoms with van der Waals surface area (Å²) in [6.07, 6.45) is 1.48. The number of alkyl halides is 1. The zero-order chi connectivity index (χ0) is 23.0. The minimum absolute atomic E-state index is 0.0117. The second-order valence-electron chi connectivity index (χ2n) is 8.74. The van der Waals surface area contributed by atoms with Crippen LogP contribution in [0.4, 0.5) is 0 Å². The first-order valence-electron chi connectivity index (χ1n) is 11.2. The first-order chi connectivity index (χ1) is 15.4. The van der Waals surface area contributed by atoms with Gasteiger partial charge in [-0.25, -0.2) is 0 Å². The molecule has 1 aliphatic carbocycles. The number of phenols is 1. The molecule has 0 radical (unpaired) electrons. The van der Waals surface area contributed by atoms with E-state index >= 15 is 0 Å². The number of amides is 1. The van der Waals surface area contributed by atoms with Crippen LogP contribution in [-0.4, -0.2) is 60.0 Å². The summed E-state index contributed by atoms with van der Waals surface area (Å²) < 4.78 is 16.9.